The number of rotatable bonds is 3. The summed E-state index contributed by atoms with van der Waals surface area (Å²) < 4.78 is 0. The molecule has 4 aromatic carbocycles. The van der Waals surface area contributed by atoms with Gasteiger partial charge in [-0.15, -0.1) is 0 Å². The van der Waals surface area contributed by atoms with Crippen LogP contribution in [0.1, 0.15) is 0 Å². The third-order valence-corrected chi connectivity index (χ3v) is 5.83. The largest absolute Gasteiger partial charge is 0.166 e. The van der Waals surface area contributed by atoms with Gasteiger partial charge in [0.25, 0.3) is 0 Å². The molecule has 0 nitrogen and oxygen atoms in total. The van der Waals surface area contributed by atoms with Gasteiger partial charge in [-0.2, -0.15) is 0 Å². The summed E-state index contributed by atoms with van der Waals surface area (Å²) in [5.74, 6) is 0. The first-order valence-corrected chi connectivity index (χ1v) is 9.57. The van der Waals surface area contributed by atoms with Crippen LogP contribution in [0.2, 0.25) is 0 Å². The molecule has 0 heterocycles. The van der Waals surface area contributed by atoms with Crippen LogP contribution in [0.5, 0.6) is 0 Å². The normalized spacial score (nSPS) is 9.96. The van der Waals surface area contributed by atoms with Gasteiger partial charge in [-0.25, -0.2) is 0 Å². The Morgan fingerprint density at radius 3 is 0.720 bits per heavy atom. The van der Waals surface area contributed by atoms with Crippen molar-refractivity contribution in [3.05, 3.63) is 127 Å². The van der Waals surface area contributed by atoms with E-state index in [4.69, 9.17) is 0 Å². The van der Waals surface area contributed by atoms with E-state index in [1.165, 1.54) is 14.7 Å². The molecule has 0 aromatic heterocycles. The lowest BCUT2D eigenvalue weighted by atomic mass is 10.4. The fourth-order valence-electron chi connectivity index (χ4n) is 2.46. The van der Waals surface area contributed by atoms with Crippen LogP contribution in [0.4, 0.5) is 0 Å². The number of benzene rings is 4. The topological polar surface area (TPSA) is 0 Å². The molecule has 0 saturated carbocycles. The summed E-state index contributed by atoms with van der Waals surface area (Å²) in [6.07, 6.45) is 0. The summed E-state index contributed by atoms with van der Waals surface area (Å²) in [5.41, 5.74) is 0. The molecule has 4 aromatic rings. The van der Waals surface area contributed by atoms with Crippen LogP contribution in [0.15, 0.2) is 142 Å². The SMILES string of the molecule is c1ccc([S+](c2ccccc2)c2ccccc2)cc1.c1ccccc1. The van der Waals surface area contributed by atoms with Crippen LogP contribution in [0.25, 0.3) is 0 Å². The van der Waals surface area contributed by atoms with Crippen molar-refractivity contribution in [3.63, 3.8) is 0 Å². The molecule has 25 heavy (non-hydrogen) atoms. The number of hydrogen-bond donors (Lipinski definition) is 0. The molecule has 0 aliphatic rings. The lowest BCUT2D eigenvalue weighted by molar-refractivity contribution is 1.32. The highest BCUT2D eigenvalue weighted by molar-refractivity contribution is 7.97. The molecule has 0 atom stereocenters. The van der Waals surface area contributed by atoms with Crippen molar-refractivity contribution in [2.24, 2.45) is 0 Å². The Hall–Kier alpha value is -2.77. The Bertz CT molecular complexity index is 707. The zero-order chi connectivity index (χ0) is 17.2. The third kappa shape index (κ3) is 5.10. The lowest BCUT2D eigenvalue weighted by Gasteiger charge is -2.07. The van der Waals surface area contributed by atoms with E-state index in [1.54, 1.807) is 0 Å². The summed E-state index contributed by atoms with van der Waals surface area (Å²) >= 11 is 0. The minimum Gasteiger partial charge on any atom is -0.0623 e. The van der Waals surface area contributed by atoms with E-state index in [9.17, 15) is 0 Å². The molecule has 0 amide bonds. The van der Waals surface area contributed by atoms with Crippen LogP contribution >= 0.6 is 0 Å². The summed E-state index contributed by atoms with van der Waals surface area (Å²) in [7, 11) is -0.0146. The van der Waals surface area contributed by atoms with Gasteiger partial charge in [0.15, 0.2) is 14.7 Å². The molecule has 122 valence electrons. The van der Waals surface area contributed by atoms with E-state index in [2.05, 4.69) is 91.0 Å². The fourth-order valence-corrected chi connectivity index (χ4v) is 4.57. The second kappa shape index (κ2) is 9.51. The Balaban J connectivity index is 0.000000258. The minimum atomic E-state index is -0.0146. The summed E-state index contributed by atoms with van der Waals surface area (Å²) in [5, 5.41) is 0. The van der Waals surface area contributed by atoms with Crippen molar-refractivity contribution < 1.29 is 0 Å². The maximum atomic E-state index is 2.21. The van der Waals surface area contributed by atoms with Crippen LogP contribution < -0.4 is 0 Å². The van der Waals surface area contributed by atoms with E-state index >= 15 is 0 Å². The van der Waals surface area contributed by atoms with Gasteiger partial charge in [-0.05, 0) is 36.4 Å². The zero-order valence-electron chi connectivity index (χ0n) is 14.0. The Kier molecular flexibility index (Phi) is 6.49. The Morgan fingerprint density at radius 2 is 0.480 bits per heavy atom. The van der Waals surface area contributed by atoms with Crippen molar-refractivity contribution in [1.82, 2.24) is 0 Å². The first-order valence-electron chi connectivity index (χ1n) is 8.34. The molecule has 0 unspecified atom stereocenters. The van der Waals surface area contributed by atoms with Crippen molar-refractivity contribution in [1.29, 1.82) is 0 Å². The molecule has 1 heteroatoms. The average Bonchev–Trinajstić information content (AvgIpc) is 2.72. The molecular weight excluding hydrogens is 320 g/mol. The van der Waals surface area contributed by atoms with Gasteiger partial charge in [-0.1, -0.05) is 91.0 Å². The molecule has 0 spiro atoms. The maximum absolute atomic E-state index is 2.21. The quantitative estimate of drug-likeness (QED) is 0.375. The second-order valence-electron chi connectivity index (χ2n) is 5.40. The van der Waals surface area contributed by atoms with E-state index in [1.807, 2.05) is 36.4 Å². The van der Waals surface area contributed by atoms with Crippen LogP contribution in [-0.2, 0) is 10.9 Å². The average molecular weight is 341 g/mol. The molecule has 0 saturated heterocycles. The molecule has 0 N–H and O–H groups in total. The summed E-state index contributed by atoms with van der Waals surface area (Å²) in [4.78, 5) is 4.08. The first kappa shape index (κ1) is 17.1. The Morgan fingerprint density at radius 1 is 0.280 bits per heavy atom. The summed E-state index contributed by atoms with van der Waals surface area (Å²) in [6, 6.07) is 44.2. The highest BCUT2D eigenvalue weighted by Gasteiger charge is 2.27. The van der Waals surface area contributed by atoms with Crippen molar-refractivity contribution in [2.45, 2.75) is 14.7 Å². The molecule has 4 rings (SSSR count). The third-order valence-electron chi connectivity index (χ3n) is 3.60. The van der Waals surface area contributed by atoms with Gasteiger partial charge < -0.3 is 0 Å². The lowest BCUT2D eigenvalue weighted by Crippen LogP contribution is -2.04. The highest BCUT2D eigenvalue weighted by Crippen LogP contribution is 2.30. The van der Waals surface area contributed by atoms with Gasteiger partial charge in [0.05, 0.1) is 10.9 Å². The fraction of sp³-hybridized carbons (Fsp3) is 0. The van der Waals surface area contributed by atoms with Crippen molar-refractivity contribution in [3.8, 4) is 0 Å². The second-order valence-corrected chi connectivity index (χ2v) is 7.43. The predicted molar refractivity (Wildman–Crippen MR) is 108 cm³/mol. The Labute approximate surface area is 153 Å². The van der Waals surface area contributed by atoms with Gasteiger partial charge in [-0.3, -0.25) is 0 Å². The molecule has 0 aliphatic heterocycles. The maximum Gasteiger partial charge on any atom is 0.166 e. The van der Waals surface area contributed by atoms with Crippen LogP contribution in [0.3, 0.4) is 0 Å². The molecule has 0 fully saturated rings. The molecule has 0 radical (unpaired) electrons. The van der Waals surface area contributed by atoms with Gasteiger partial charge >= 0.3 is 0 Å². The van der Waals surface area contributed by atoms with E-state index in [0.29, 0.717) is 0 Å². The van der Waals surface area contributed by atoms with Crippen LogP contribution in [-0.4, -0.2) is 0 Å². The molecule has 0 aliphatic carbocycles. The molecular formula is C24H21S+. The van der Waals surface area contributed by atoms with Crippen molar-refractivity contribution in [2.75, 3.05) is 0 Å². The smallest absolute Gasteiger partial charge is 0.0623 e. The molecule has 0 bridgehead atoms. The number of hydrogen-bond acceptors (Lipinski definition) is 0. The van der Waals surface area contributed by atoms with Crippen molar-refractivity contribution >= 4 is 10.9 Å². The monoisotopic (exact) mass is 341 g/mol. The summed E-state index contributed by atoms with van der Waals surface area (Å²) in [6.45, 7) is 0. The standard InChI is InChI=1S/C18H15S.C6H6/c1-4-10-16(11-5-1)19(17-12-6-2-7-13-17)18-14-8-3-9-15-18;1-2-4-6-5-3-1/h1-15H;1-6H/q+1;. The van der Waals surface area contributed by atoms with Gasteiger partial charge in [0.1, 0.15) is 0 Å². The van der Waals surface area contributed by atoms with E-state index in [0.717, 1.165) is 0 Å². The highest BCUT2D eigenvalue weighted by atomic mass is 32.2. The van der Waals surface area contributed by atoms with Crippen LogP contribution in [0, 0.1) is 0 Å². The van der Waals surface area contributed by atoms with Gasteiger partial charge in [0, 0.05) is 0 Å². The van der Waals surface area contributed by atoms with E-state index in [-0.39, 0.29) is 10.9 Å². The minimum absolute atomic E-state index is 0.0146. The zero-order valence-corrected chi connectivity index (χ0v) is 14.8. The predicted octanol–water partition coefficient (Wildman–Crippen LogP) is 6.47. The van der Waals surface area contributed by atoms with E-state index < -0.39 is 0 Å². The first-order chi connectivity index (χ1) is 12.4. The van der Waals surface area contributed by atoms with Gasteiger partial charge in [0.2, 0.25) is 0 Å².